The fourth-order valence-electron chi connectivity index (χ4n) is 7.24. The molecule has 0 amide bonds. The molecule has 56 heavy (non-hydrogen) atoms. The maximum absolute atomic E-state index is 6.80. The van der Waals surface area contributed by atoms with E-state index in [0.29, 0.717) is 0 Å². The Morgan fingerprint density at radius 2 is 0.714 bits per heavy atom. The zero-order valence-electron chi connectivity index (χ0n) is 37.1. The van der Waals surface area contributed by atoms with Crippen molar-refractivity contribution in [3.8, 4) is 55.7 Å². The van der Waals surface area contributed by atoms with Gasteiger partial charge in [0.25, 0.3) is 0 Å². The second-order valence-corrected chi connectivity index (χ2v) is 29.5. The first kappa shape index (κ1) is 46.2. The lowest BCUT2D eigenvalue weighted by Crippen LogP contribution is -2.16. The quantitative estimate of drug-likeness (QED) is 0.0423. The third-order valence-electron chi connectivity index (χ3n) is 10.4. The first-order chi connectivity index (χ1) is 26.9. The van der Waals surface area contributed by atoms with Crippen molar-refractivity contribution >= 4 is 38.8 Å². The van der Waals surface area contributed by atoms with Gasteiger partial charge in [0.2, 0.25) is 0 Å². The van der Waals surface area contributed by atoms with Gasteiger partial charge < -0.3 is 8.83 Å². The van der Waals surface area contributed by atoms with Crippen LogP contribution in [0.5, 0.6) is 0 Å². The van der Waals surface area contributed by atoms with Gasteiger partial charge in [-0.2, -0.15) is 0 Å². The van der Waals surface area contributed by atoms with Gasteiger partial charge in [0.1, 0.15) is 27.7 Å². The van der Waals surface area contributed by atoms with Crippen LogP contribution < -0.4 is 0 Å². The third kappa shape index (κ3) is 14.4. The van der Waals surface area contributed by atoms with Crippen LogP contribution in [0.3, 0.4) is 0 Å². The van der Waals surface area contributed by atoms with Crippen LogP contribution in [-0.2, 0) is 25.7 Å². The summed E-state index contributed by atoms with van der Waals surface area (Å²) >= 11 is 3.73. The Balaban J connectivity index is 1.75. The van der Waals surface area contributed by atoms with Gasteiger partial charge in [0, 0.05) is 0 Å². The van der Waals surface area contributed by atoms with Crippen molar-refractivity contribution in [1.29, 1.82) is 0 Å². The molecule has 4 aromatic rings. The van der Waals surface area contributed by atoms with Crippen LogP contribution in [0.1, 0.15) is 162 Å². The van der Waals surface area contributed by atoms with E-state index in [1.807, 2.05) is 22.7 Å². The fourth-order valence-corrected chi connectivity index (χ4v) is 10.9. The molecule has 2 nitrogen and oxygen atoms in total. The second-order valence-electron chi connectivity index (χ2n) is 18.0. The minimum atomic E-state index is -1.53. The minimum Gasteiger partial charge on any atom is -0.452 e. The number of hydrogen-bond acceptors (Lipinski definition) is 4. The molecule has 0 aliphatic rings. The van der Waals surface area contributed by atoms with E-state index in [0.717, 1.165) is 48.7 Å². The van der Waals surface area contributed by atoms with Crippen molar-refractivity contribution in [3.05, 3.63) is 56.3 Å². The molecule has 306 valence electrons. The van der Waals surface area contributed by atoms with E-state index in [1.54, 1.807) is 0 Å². The summed E-state index contributed by atoms with van der Waals surface area (Å²) in [7, 11) is -3.07. The van der Waals surface area contributed by atoms with E-state index in [4.69, 9.17) is 8.83 Å². The molecule has 4 heterocycles. The summed E-state index contributed by atoms with van der Waals surface area (Å²) in [6.45, 7) is 23.3. The summed E-state index contributed by atoms with van der Waals surface area (Å²) in [5.74, 6) is 10.9. The van der Waals surface area contributed by atoms with Crippen molar-refractivity contribution in [2.24, 2.45) is 0 Å². The Morgan fingerprint density at radius 3 is 1.02 bits per heavy atom. The van der Waals surface area contributed by atoms with Crippen LogP contribution in [0, 0.1) is 22.9 Å². The topological polar surface area (TPSA) is 26.3 Å². The Morgan fingerprint density at radius 1 is 0.411 bits per heavy atom. The summed E-state index contributed by atoms with van der Waals surface area (Å²) in [6, 6.07) is 8.60. The molecule has 4 aromatic heterocycles. The number of unbranched alkanes of at least 4 members (excludes halogenated alkanes) is 12. The van der Waals surface area contributed by atoms with Crippen molar-refractivity contribution in [1.82, 2.24) is 0 Å². The van der Waals surface area contributed by atoms with Crippen molar-refractivity contribution in [2.45, 2.75) is 195 Å². The second kappa shape index (κ2) is 23.2. The summed E-state index contributed by atoms with van der Waals surface area (Å²) in [4.78, 5) is 5.09. The molecular weight excluding hydrogens is 753 g/mol. The maximum atomic E-state index is 6.80. The van der Waals surface area contributed by atoms with E-state index in [1.165, 1.54) is 144 Å². The molecular formula is C50H74O2S2Si2. The highest BCUT2D eigenvalue weighted by atomic mass is 32.1. The van der Waals surface area contributed by atoms with Gasteiger partial charge in [-0.15, -0.1) is 33.8 Å². The molecule has 4 rings (SSSR count). The van der Waals surface area contributed by atoms with Crippen LogP contribution in [0.2, 0.25) is 39.3 Å². The Bertz CT molecular complexity index is 1760. The highest BCUT2D eigenvalue weighted by molar-refractivity contribution is 7.16. The van der Waals surface area contributed by atoms with Crippen LogP contribution in [0.4, 0.5) is 0 Å². The minimum absolute atomic E-state index is 0.801. The molecule has 0 saturated carbocycles. The van der Waals surface area contributed by atoms with Crippen LogP contribution in [0.15, 0.2) is 33.1 Å². The molecule has 0 bridgehead atoms. The summed E-state index contributed by atoms with van der Waals surface area (Å²) in [5.41, 5.74) is 13.4. The molecule has 6 heteroatoms. The van der Waals surface area contributed by atoms with Gasteiger partial charge >= 0.3 is 0 Å². The number of furan rings is 2. The molecule has 0 spiro atoms. The predicted molar refractivity (Wildman–Crippen MR) is 255 cm³/mol. The molecule has 0 saturated heterocycles. The smallest absolute Gasteiger partial charge is 0.170 e. The number of thiophene rings is 2. The first-order valence-corrected chi connectivity index (χ1v) is 31.1. The van der Waals surface area contributed by atoms with E-state index in [9.17, 15) is 0 Å². The van der Waals surface area contributed by atoms with E-state index in [2.05, 4.69) is 114 Å². The van der Waals surface area contributed by atoms with Crippen molar-refractivity contribution < 1.29 is 8.83 Å². The Hall–Kier alpha value is -2.49. The zero-order chi connectivity index (χ0) is 40.6. The molecule has 0 aromatic carbocycles. The van der Waals surface area contributed by atoms with Crippen molar-refractivity contribution in [3.63, 3.8) is 0 Å². The van der Waals surface area contributed by atoms with Gasteiger partial charge in [0.15, 0.2) is 11.5 Å². The number of rotatable bonds is 23. The van der Waals surface area contributed by atoms with Crippen LogP contribution >= 0.6 is 22.7 Å². The first-order valence-electron chi connectivity index (χ1n) is 22.4. The highest BCUT2D eigenvalue weighted by Crippen LogP contribution is 2.43. The SMILES string of the molecule is CCCCCCc1c(C#C[Si](C)(C)C)sc(-c2ccc(-c3ccc(-c4sc(C#C[Si](C)(C)C)c(CCCCCC)c4CCCCCC)o3)o2)c1CCCCCC. The molecule has 0 atom stereocenters. The average molecular weight is 827 g/mol. The third-order valence-corrected chi connectivity index (χ3v) is 14.5. The summed E-state index contributed by atoms with van der Waals surface area (Å²) in [6.07, 6.45) is 24.5. The lowest BCUT2D eigenvalue weighted by molar-refractivity contribution is 0.539. The predicted octanol–water partition coefficient (Wildman–Crippen LogP) is 16.9. The van der Waals surface area contributed by atoms with Gasteiger partial charge in [-0.25, -0.2) is 0 Å². The maximum Gasteiger partial charge on any atom is 0.170 e. The molecule has 0 fully saturated rings. The largest absolute Gasteiger partial charge is 0.452 e. The fraction of sp³-hybridized carbons (Fsp3) is 0.600. The average Bonchev–Trinajstić information content (AvgIpc) is 3.96. The Kier molecular flexibility index (Phi) is 19.1. The standard InChI is InChI=1S/C50H74O2S2Si2/c1-11-15-19-23-27-39-41(29-25-21-17-13-3)49(53-47(39)35-37-55(5,6)7)45-33-31-43(51-45)44-32-34-46(52-44)50-42(30-26-22-18-14-4)40(28-24-20-16-12-2)48(54-50)36-38-56(8,9)10/h31-34H,11-30H2,1-10H3. The lowest BCUT2D eigenvalue weighted by Gasteiger charge is -2.08. The molecule has 0 radical (unpaired) electrons. The summed E-state index contributed by atoms with van der Waals surface area (Å²) in [5, 5.41) is 0. The van der Waals surface area contributed by atoms with Gasteiger partial charge in [0.05, 0.1) is 19.5 Å². The van der Waals surface area contributed by atoms with Gasteiger partial charge in [-0.05, 0) is 97.9 Å². The highest BCUT2D eigenvalue weighted by Gasteiger charge is 2.24. The van der Waals surface area contributed by atoms with E-state index >= 15 is 0 Å². The number of hydrogen-bond donors (Lipinski definition) is 0. The van der Waals surface area contributed by atoms with E-state index < -0.39 is 16.1 Å². The summed E-state index contributed by atoms with van der Waals surface area (Å²) < 4.78 is 13.6. The lowest BCUT2D eigenvalue weighted by atomic mass is 9.96. The molecule has 0 aliphatic heterocycles. The monoisotopic (exact) mass is 826 g/mol. The van der Waals surface area contributed by atoms with Crippen LogP contribution in [0.25, 0.3) is 32.8 Å². The molecule has 0 N–H and O–H groups in total. The molecule has 0 aliphatic carbocycles. The van der Waals surface area contributed by atoms with Crippen molar-refractivity contribution in [2.75, 3.05) is 0 Å². The zero-order valence-corrected chi connectivity index (χ0v) is 40.7. The normalized spacial score (nSPS) is 11.8. The molecule has 0 unspecified atom stereocenters. The van der Waals surface area contributed by atoms with Crippen LogP contribution in [-0.4, -0.2) is 16.1 Å². The Labute approximate surface area is 353 Å². The van der Waals surface area contributed by atoms with Gasteiger partial charge in [-0.1, -0.05) is 156 Å². The van der Waals surface area contributed by atoms with E-state index in [-0.39, 0.29) is 0 Å². The van der Waals surface area contributed by atoms with Gasteiger partial charge in [-0.3, -0.25) is 0 Å².